The van der Waals surface area contributed by atoms with Gasteiger partial charge in [0.2, 0.25) is 0 Å². The van der Waals surface area contributed by atoms with Gasteiger partial charge in [0, 0.05) is 0 Å². The van der Waals surface area contributed by atoms with Crippen LogP contribution >= 0.6 is 0 Å². The van der Waals surface area contributed by atoms with E-state index in [1.807, 2.05) is 6.92 Å². The smallest absolute Gasteiger partial charge is 0.327 e. The van der Waals surface area contributed by atoms with E-state index in [0.717, 1.165) is 18.7 Å². The number of nitrogens with zero attached hydrogens (tertiary/aromatic N) is 3. The zero-order valence-corrected chi connectivity index (χ0v) is 10.6. The Morgan fingerprint density at radius 1 is 1.59 bits per heavy atom. The average Bonchev–Trinajstić information content (AvgIpc) is 2.74. The average molecular weight is 240 g/mol. The summed E-state index contributed by atoms with van der Waals surface area (Å²) < 4.78 is 6.33. The molecular formula is C11H20N4O2. The van der Waals surface area contributed by atoms with Crippen LogP contribution in [0.1, 0.15) is 38.9 Å². The third-order valence-electron chi connectivity index (χ3n) is 2.30. The van der Waals surface area contributed by atoms with Gasteiger partial charge in [-0.15, -0.1) is 5.10 Å². The van der Waals surface area contributed by atoms with Crippen LogP contribution in [0.5, 0.6) is 0 Å². The lowest BCUT2D eigenvalue weighted by molar-refractivity contribution is -0.144. The van der Waals surface area contributed by atoms with Crippen LogP contribution in [-0.2, 0) is 16.1 Å². The van der Waals surface area contributed by atoms with Gasteiger partial charge in [-0.2, -0.15) is 0 Å². The molecule has 0 aliphatic carbocycles. The molecule has 1 atom stereocenters. The minimum Gasteiger partial charge on any atom is -0.465 e. The number of esters is 1. The van der Waals surface area contributed by atoms with Gasteiger partial charge in [-0.3, -0.25) is 4.79 Å². The molecule has 0 radical (unpaired) electrons. The second-order valence-electron chi connectivity index (χ2n) is 3.82. The molecule has 1 heterocycles. The standard InChI is InChI=1S/C11H20N4O2/c1-4-6-12-9(3)10-7-15(14-13-10)8-11(16)17-5-2/h7,9,12H,4-6,8H2,1-3H3. The lowest BCUT2D eigenvalue weighted by atomic mass is 10.2. The summed E-state index contributed by atoms with van der Waals surface area (Å²) in [5.74, 6) is -0.293. The third kappa shape index (κ3) is 4.52. The third-order valence-corrected chi connectivity index (χ3v) is 2.30. The van der Waals surface area contributed by atoms with Crippen molar-refractivity contribution in [2.75, 3.05) is 13.2 Å². The minimum atomic E-state index is -0.293. The molecule has 0 bridgehead atoms. The number of carbonyl (C=O) groups excluding carboxylic acids is 1. The van der Waals surface area contributed by atoms with Crippen LogP contribution < -0.4 is 5.32 Å². The Balaban J connectivity index is 2.49. The molecular weight excluding hydrogens is 220 g/mol. The van der Waals surface area contributed by atoms with Crippen LogP contribution in [-0.4, -0.2) is 34.1 Å². The zero-order chi connectivity index (χ0) is 12.7. The Bertz CT molecular complexity index is 351. The Kier molecular flexibility index (Phi) is 5.62. The molecule has 1 aromatic rings. The number of rotatable bonds is 7. The summed E-state index contributed by atoms with van der Waals surface area (Å²) in [4.78, 5) is 11.2. The number of hydrogen-bond acceptors (Lipinski definition) is 5. The van der Waals surface area contributed by atoms with Crippen molar-refractivity contribution in [3.05, 3.63) is 11.9 Å². The van der Waals surface area contributed by atoms with Gasteiger partial charge in [-0.05, 0) is 26.8 Å². The molecule has 0 spiro atoms. The van der Waals surface area contributed by atoms with E-state index >= 15 is 0 Å². The summed E-state index contributed by atoms with van der Waals surface area (Å²) in [5.41, 5.74) is 0.836. The van der Waals surface area contributed by atoms with Crippen LogP contribution in [0.15, 0.2) is 6.20 Å². The molecule has 0 aliphatic heterocycles. The van der Waals surface area contributed by atoms with Gasteiger partial charge in [0.1, 0.15) is 6.54 Å². The molecule has 0 fully saturated rings. The van der Waals surface area contributed by atoms with Gasteiger partial charge in [-0.25, -0.2) is 4.68 Å². The molecule has 96 valence electrons. The Labute approximate surface area is 101 Å². The van der Waals surface area contributed by atoms with E-state index in [-0.39, 0.29) is 18.6 Å². The first-order valence-corrected chi connectivity index (χ1v) is 5.96. The maximum Gasteiger partial charge on any atom is 0.327 e. The molecule has 1 aromatic heterocycles. The summed E-state index contributed by atoms with van der Waals surface area (Å²) in [6.07, 6.45) is 2.84. The van der Waals surface area contributed by atoms with E-state index < -0.39 is 0 Å². The lowest BCUT2D eigenvalue weighted by Gasteiger charge is -2.08. The van der Waals surface area contributed by atoms with E-state index in [1.165, 1.54) is 4.68 Å². The molecule has 0 aliphatic rings. The summed E-state index contributed by atoms with van der Waals surface area (Å²) in [6.45, 7) is 7.34. The number of carbonyl (C=O) groups is 1. The van der Waals surface area contributed by atoms with E-state index in [2.05, 4.69) is 22.6 Å². The van der Waals surface area contributed by atoms with Gasteiger partial charge >= 0.3 is 5.97 Å². The molecule has 0 aromatic carbocycles. The highest BCUT2D eigenvalue weighted by Gasteiger charge is 2.11. The van der Waals surface area contributed by atoms with Crippen LogP contribution in [0.2, 0.25) is 0 Å². The highest BCUT2D eigenvalue weighted by atomic mass is 16.5. The molecule has 0 amide bonds. The van der Waals surface area contributed by atoms with Gasteiger partial charge < -0.3 is 10.1 Å². The van der Waals surface area contributed by atoms with E-state index in [1.54, 1.807) is 13.1 Å². The number of aromatic nitrogens is 3. The second-order valence-corrected chi connectivity index (χ2v) is 3.82. The lowest BCUT2D eigenvalue weighted by Crippen LogP contribution is -2.19. The van der Waals surface area contributed by atoms with Crippen molar-refractivity contribution in [3.63, 3.8) is 0 Å². The fraction of sp³-hybridized carbons (Fsp3) is 0.727. The van der Waals surface area contributed by atoms with Crippen LogP contribution in [0.4, 0.5) is 0 Å². The first-order valence-electron chi connectivity index (χ1n) is 5.96. The Morgan fingerprint density at radius 3 is 3.00 bits per heavy atom. The van der Waals surface area contributed by atoms with E-state index in [9.17, 15) is 4.79 Å². The van der Waals surface area contributed by atoms with Gasteiger partial charge in [-0.1, -0.05) is 12.1 Å². The van der Waals surface area contributed by atoms with E-state index in [4.69, 9.17) is 4.74 Å². The van der Waals surface area contributed by atoms with Gasteiger partial charge in [0.05, 0.1) is 24.5 Å². The SMILES string of the molecule is CCCNC(C)c1cn(CC(=O)OCC)nn1. The molecule has 1 rings (SSSR count). The zero-order valence-electron chi connectivity index (χ0n) is 10.6. The fourth-order valence-electron chi connectivity index (χ4n) is 1.39. The second kappa shape index (κ2) is 7.01. The molecule has 6 heteroatoms. The normalized spacial score (nSPS) is 12.4. The summed E-state index contributed by atoms with van der Waals surface area (Å²) in [5, 5.41) is 11.2. The largest absolute Gasteiger partial charge is 0.465 e. The first-order chi connectivity index (χ1) is 8.17. The highest BCUT2D eigenvalue weighted by Crippen LogP contribution is 2.07. The highest BCUT2D eigenvalue weighted by molar-refractivity contribution is 5.68. The quantitative estimate of drug-likeness (QED) is 0.717. The molecule has 6 nitrogen and oxygen atoms in total. The van der Waals surface area contributed by atoms with Crippen molar-refractivity contribution < 1.29 is 9.53 Å². The fourth-order valence-corrected chi connectivity index (χ4v) is 1.39. The summed E-state index contributed by atoms with van der Waals surface area (Å²) >= 11 is 0. The molecule has 1 unspecified atom stereocenters. The number of nitrogens with one attached hydrogen (secondary N) is 1. The summed E-state index contributed by atoms with van der Waals surface area (Å²) in [6, 6.07) is 0.144. The maximum absolute atomic E-state index is 11.2. The van der Waals surface area contributed by atoms with Crippen LogP contribution in [0.25, 0.3) is 0 Å². The van der Waals surface area contributed by atoms with Gasteiger partial charge in [0.15, 0.2) is 0 Å². The Morgan fingerprint density at radius 2 is 2.35 bits per heavy atom. The monoisotopic (exact) mass is 240 g/mol. The predicted octanol–water partition coefficient (Wildman–Crippen LogP) is 0.902. The molecule has 0 saturated carbocycles. The van der Waals surface area contributed by atoms with Crippen molar-refractivity contribution in [1.82, 2.24) is 20.3 Å². The van der Waals surface area contributed by atoms with Crippen LogP contribution in [0.3, 0.4) is 0 Å². The minimum absolute atomic E-state index is 0.112. The van der Waals surface area contributed by atoms with E-state index in [0.29, 0.717) is 6.61 Å². The first kappa shape index (κ1) is 13.6. The van der Waals surface area contributed by atoms with Crippen molar-refractivity contribution >= 4 is 5.97 Å². The van der Waals surface area contributed by atoms with Gasteiger partial charge in [0.25, 0.3) is 0 Å². The van der Waals surface area contributed by atoms with Crippen molar-refractivity contribution in [2.24, 2.45) is 0 Å². The molecule has 0 saturated heterocycles. The number of ether oxygens (including phenoxy) is 1. The predicted molar refractivity (Wildman–Crippen MR) is 63.4 cm³/mol. The van der Waals surface area contributed by atoms with Crippen molar-refractivity contribution in [1.29, 1.82) is 0 Å². The topological polar surface area (TPSA) is 69.0 Å². The Hall–Kier alpha value is -1.43. The van der Waals surface area contributed by atoms with Crippen molar-refractivity contribution in [3.8, 4) is 0 Å². The molecule has 17 heavy (non-hydrogen) atoms. The maximum atomic E-state index is 11.2. The summed E-state index contributed by atoms with van der Waals surface area (Å²) in [7, 11) is 0. The van der Waals surface area contributed by atoms with Crippen LogP contribution in [0, 0.1) is 0 Å². The number of hydrogen-bond donors (Lipinski definition) is 1. The molecule has 1 N–H and O–H groups in total. The van der Waals surface area contributed by atoms with Crippen molar-refractivity contribution in [2.45, 2.75) is 39.8 Å².